The largest absolute Gasteiger partial charge is 0.491 e. The van der Waals surface area contributed by atoms with Crippen LogP contribution >= 0.6 is 12.4 Å². The number of carbonyl (C=O) groups is 1. The van der Waals surface area contributed by atoms with Crippen molar-refractivity contribution in [2.75, 3.05) is 20.1 Å². The summed E-state index contributed by atoms with van der Waals surface area (Å²) in [7, 11) is 1.88. The normalized spacial score (nSPS) is 18.0. The first kappa shape index (κ1) is 17.8. The molecule has 0 spiro atoms. The van der Waals surface area contributed by atoms with Crippen molar-refractivity contribution in [2.24, 2.45) is 0 Å². The smallest absolute Gasteiger partial charge is 0.254 e. The second-order valence-corrected chi connectivity index (χ2v) is 5.61. The van der Waals surface area contributed by atoms with Crippen LogP contribution in [-0.2, 0) is 0 Å². The van der Waals surface area contributed by atoms with Crippen LogP contribution < -0.4 is 10.1 Å². The van der Waals surface area contributed by atoms with Crippen LogP contribution in [-0.4, -0.2) is 43.1 Å². The fourth-order valence-corrected chi connectivity index (χ4v) is 2.51. The summed E-state index contributed by atoms with van der Waals surface area (Å²) in [4.78, 5) is 14.4. The number of amides is 1. The number of benzene rings is 1. The second-order valence-electron chi connectivity index (χ2n) is 5.61. The fourth-order valence-electron chi connectivity index (χ4n) is 2.51. The molecule has 1 aliphatic heterocycles. The molecule has 4 nitrogen and oxygen atoms in total. The van der Waals surface area contributed by atoms with Crippen LogP contribution in [0.2, 0.25) is 0 Å². The molecule has 1 aliphatic rings. The van der Waals surface area contributed by atoms with Crippen LogP contribution in [0.1, 0.15) is 37.0 Å². The first-order valence-corrected chi connectivity index (χ1v) is 7.32. The number of piperidine rings is 1. The molecular weight excluding hydrogens is 288 g/mol. The second kappa shape index (κ2) is 8.25. The highest BCUT2D eigenvalue weighted by atomic mass is 35.5. The summed E-state index contributed by atoms with van der Waals surface area (Å²) in [5.74, 6) is 0.814. The number of likely N-dealkylation sites (N-methyl/N-ethyl adjacent to an activating group) is 1. The van der Waals surface area contributed by atoms with Gasteiger partial charge in [0.15, 0.2) is 0 Å². The van der Waals surface area contributed by atoms with Crippen LogP contribution in [0.3, 0.4) is 0 Å². The van der Waals surface area contributed by atoms with Gasteiger partial charge in [0.25, 0.3) is 5.91 Å². The van der Waals surface area contributed by atoms with E-state index in [-0.39, 0.29) is 30.5 Å². The van der Waals surface area contributed by atoms with Gasteiger partial charge in [-0.25, -0.2) is 0 Å². The van der Waals surface area contributed by atoms with E-state index < -0.39 is 0 Å². The highest BCUT2D eigenvalue weighted by molar-refractivity contribution is 5.94. The number of hydrogen-bond acceptors (Lipinski definition) is 3. The molecule has 1 atom stereocenters. The van der Waals surface area contributed by atoms with Gasteiger partial charge >= 0.3 is 0 Å². The zero-order valence-corrected chi connectivity index (χ0v) is 13.8. The lowest BCUT2D eigenvalue weighted by Gasteiger charge is -2.31. The molecule has 1 aromatic rings. The molecule has 0 saturated carbocycles. The summed E-state index contributed by atoms with van der Waals surface area (Å²) in [6.07, 6.45) is 2.30. The zero-order chi connectivity index (χ0) is 14.5. The molecule has 1 N–H and O–H groups in total. The average molecular weight is 313 g/mol. The Hall–Kier alpha value is -1.26. The molecule has 0 radical (unpaired) electrons. The lowest BCUT2D eigenvalue weighted by atomic mass is 10.1. The van der Waals surface area contributed by atoms with E-state index in [0.29, 0.717) is 5.56 Å². The maximum absolute atomic E-state index is 12.5. The third-order valence-electron chi connectivity index (χ3n) is 3.59. The highest BCUT2D eigenvalue weighted by Crippen LogP contribution is 2.18. The number of rotatable bonds is 4. The summed E-state index contributed by atoms with van der Waals surface area (Å²) in [5, 5.41) is 3.34. The van der Waals surface area contributed by atoms with Crippen LogP contribution in [0, 0.1) is 0 Å². The molecule has 5 heteroatoms. The Morgan fingerprint density at radius 1 is 1.43 bits per heavy atom. The molecule has 118 valence electrons. The first-order valence-electron chi connectivity index (χ1n) is 7.32. The minimum Gasteiger partial charge on any atom is -0.491 e. The van der Waals surface area contributed by atoms with Crippen molar-refractivity contribution in [2.45, 2.75) is 38.8 Å². The van der Waals surface area contributed by atoms with Gasteiger partial charge in [-0.2, -0.15) is 0 Å². The van der Waals surface area contributed by atoms with Gasteiger partial charge in [-0.05, 0) is 51.4 Å². The molecule has 21 heavy (non-hydrogen) atoms. The maximum atomic E-state index is 12.5. The lowest BCUT2D eigenvalue weighted by Crippen LogP contribution is -2.46. The monoisotopic (exact) mass is 312 g/mol. The molecule has 2 rings (SSSR count). The van der Waals surface area contributed by atoms with Crippen molar-refractivity contribution in [3.05, 3.63) is 29.8 Å². The number of nitrogens with zero attached hydrogens (tertiary/aromatic N) is 1. The predicted octanol–water partition coefficient (Wildman–Crippen LogP) is 2.72. The van der Waals surface area contributed by atoms with Crippen molar-refractivity contribution in [1.29, 1.82) is 0 Å². The summed E-state index contributed by atoms with van der Waals surface area (Å²) in [6.45, 7) is 5.89. The number of hydrogen-bond donors (Lipinski definition) is 1. The number of halogens is 1. The number of carbonyl (C=O) groups excluding carboxylic acids is 1. The molecule has 1 aromatic carbocycles. The van der Waals surface area contributed by atoms with Gasteiger partial charge < -0.3 is 15.0 Å². The molecule has 1 saturated heterocycles. The Bertz CT molecular complexity index is 459. The third-order valence-corrected chi connectivity index (χ3v) is 3.59. The van der Waals surface area contributed by atoms with Crippen LogP contribution in [0.25, 0.3) is 0 Å². The van der Waals surface area contributed by atoms with Crippen molar-refractivity contribution >= 4 is 18.3 Å². The Morgan fingerprint density at radius 2 is 2.19 bits per heavy atom. The van der Waals surface area contributed by atoms with Gasteiger partial charge in [0.1, 0.15) is 5.75 Å². The Kier molecular flexibility index (Phi) is 6.99. The van der Waals surface area contributed by atoms with E-state index in [0.717, 1.165) is 31.7 Å². The third kappa shape index (κ3) is 4.90. The summed E-state index contributed by atoms with van der Waals surface area (Å²) >= 11 is 0. The minimum absolute atomic E-state index is 0. The van der Waals surface area contributed by atoms with E-state index in [1.807, 2.05) is 50.1 Å². The van der Waals surface area contributed by atoms with E-state index in [4.69, 9.17) is 4.74 Å². The average Bonchev–Trinajstić information content (AvgIpc) is 2.46. The molecule has 0 aliphatic carbocycles. The fraction of sp³-hybridized carbons (Fsp3) is 0.562. The quantitative estimate of drug-likeness (QED) is 0.929. The first-order chi connectivity index (χ1) is 9.58. The van der Waals surface area contributed by atoms with Crippen molar-refractivity contribution in [3.8, 4) is 5.75 Å². The highest BCUT2D eigenvalue weighted by Gasteiger charge is 2.23. The minimum atomic E-state index is 0. The van der Waals surface area contributed by atoms with Crippen LogP contribution in [0.15, 0.2) is 24.3 Å². The van der Waals surface area contributed by atoms with E-state index >= 15 is 0 Å². The molecule has 1 fully saturated rings. The Labute approximate surface area is 133 Å². The SMILES string of the molecule is CC(C)Oc1cccc(C(=O)N(C)C2CCCNC2)c1.Cl. The van der Waals surface area contributed by atoms with Gasteiger partial charge in [-0.3, -0.25) is 4.79 Å². The number of ether oxygens (including phenoxy) is 1. The van der Waals surface area contributed by atoms with Gasteiger partial charge in [0.2, 0.25) is 0 Å². The predicted molar refractivity (Wildman–Crippen MR) is 87.4 cm³/mol. The van der Waals surface area contributed by atoms with Crippen LogP contribution in [0.4, 0.5) is 0 Å². The Morgan fingerprint density at radius 3 is 2.81 bits per heavy atom. The molecule has 0 bridgehead atoms. The molecule has 0 aromatic heterocycles. The molecule has 1 heterocycles. The molecule has 1 amide bonds. The topological polar surface area (TPSA) is 41.6 Å². The van der Waals surface area contributed by atoms with Gasteiger partial charge in [-0.1, -0.05) is 6.07 Å². The summed E-state index contributed by atoms with van der Waals surface area (Å²) in [6, 6.07) is 7.72. The van der Waals surface area contributed by atoms with Gasteiger partial charge in [0.05, 0.1) is 6.10 Å². The zero-order valence-electron chi connectivity index (χ0n) is 13.0. The maximum Gasteiger partial charge on any atom is 0.254 e. The molecule has 1 unspecified atom stereocenters. The van der Waals surface area contributed by atoms with Crippen molar-refractivity contribution < 1.29 is 9.53 Å². The van der Waals surface area contributed by atoms with E-state index in [9.17, 15) is 4.79 Å². The van der Waals surface area contributed by atoms with Crippen molar-refractivity contribution in [3.63, 3.8) is 0 Å². The van der Waals surface area contributed by atoms with Gasteiger partial charge in [0, 0.05) is 25.2 Å². The van der Waals surface area contributed by atoms with E-state index in [2.05, 4.69) is 5.32 Å². The summed E-state index contributed by atoms with van der Waals surface area (Å²) in [5.41, 5.74) is 0.691. The van der Waals surface area contributed by atoms with Crippen molar-refractivity contribution in [1.82, 2.24) is 10.2 Å². The van der Waals surface area contributed by atoms with E-state index in [1.165, 1.54) is 0 Å². The lowest BCUT2D eigenvalue weighted by molar-refractivity contribution is 0.0707. The van der Waals surface area contributed by atoms with Gasteiger partial charge in [-0.15, -0.1) is 12.4 Å². The van der Waals surface area contributed by atoms with Crippen LogP contribution in [0.5, 0.6) is 5.75 Å². The summed E-state index contributed by atoms with van der Waals surface area (Å²) < 4.78 is 5.65. The van der Waals surface area contributed by atoms with E-state index in [1.54, 1.807) is 0 Å². The molecular formula is C16H25ClN2O2. The number of nitrogens with one attached hydrogen (secondary N) is 1. The Balaban J connectivity index is 0.00000220. The standard InChI is InChI=1S/C16H24N2O2.ClH/c1-12(2)20-15-8-4-6-13(10-15)16(19)18(3)14-7-5-9-17-11-14;/h4,6,8,10,12,14,17H,5,7,9,11H2,1-3H3;1H.